The highest BCUT2D eigenvalue weighted by Crippen LogP contribution is 2.41. The van der Waals surface area contributed by atoms with Crippen molar-refractivity contribution in [1.82, 2.24) is 19.9 Å². The summed E-state index contributed by atoms with van der Waals surface area (Å²) in [4.78, 5) is 21.5. The van der Waals surface area contributed by atoms with Crippen LogP contribution in [0, 0.1) is 6.92 Å². The molecule has 1 amide bonds. The topological polar surface area (TPSA) is 128 Å². The number of amides is 1. The van der Waals surface area contributed by atoms with E-state index < -0.39 is 5.91 Å². The Morgan fingerprint density at radius 1 is 1.26 bits per heavy atom. The van der Waals surface area contributed by atoms with Gasteiger partial charge in [0.2, 0.25) is 11.9 Å². The molecule has 0 saturated carbocycles. The first-order valence-corrected chi connectivity index (χ1v) is 12.8. The zero-order valence-corrected chi connectivity index (χ0v) is 22.4. The number of methoxy groups -OCH3 is 1. The van der Waals surface area contributed by atoms with E-state index in [1.807, 2.05) is 32.2 Å². The Kier molecular flexibility index (Phi) is 7.49. The summed E-state index contributed by atoms with van der Waals surface area (Å²) in [6.45, 7) is 9.21. The average Bonchev–Trinajstić information content (AvgIpc) is 3.28. The molecule has 2 aromatic carbocycles. The Balaban J connectivity index is 1.58. The van der Waals surface area contributed by atoms with E-state index in [9.17, 15) is 4.79 Å². The predicted molar refractivity (Wildman–Crippen MR) is 154 cm³/mol. The van der Waals surface area contributed by atoms with Crippen LogP contribution in [0.3, 0.4) is 0 Å². The van der Waals surface area contributed by atoms with Crippen LogP contribution in [0.1, 0.15) is 16.8 Å². The summed E-state index contributed by atoms with van der Waals surface area (Å²) in [6.07, 6.45) is 1.73. The molecule has 0 unspecified atom stereocenters. The van der Waals surface area contributed by atoms with Gasteiger partial charge in [-0.2, -0.15) is 0 Å². The van der Waals surface area contributed by atoms with Gasteiger partial charge in [0, 0.05) is 64.7 Å². The largest absolute Gasteiger partial charge is 0.494 e. The van der Waals surface area contributed by atoms with Crippen LogP contribution in [0.2, 0.25) is 0 Å². The van der Waals surface area contributed by atoms with Gasteiger partial charge in [0.05, 0.1) is 37.4 Å². The molecule has 2 aromatic heterocycles. The highest BCUT2D eigenvalue weighted by Gasteiger charge is 2.23. The van der Waals surface area contributed by atoms with Crippen molar-refractivity contribution in [2.45, 2.75) is 20.1 Å². The number of nitrogens with one attached hydrogen (secondary N) is 3. The number of nitrogens with two attached hydrogens (primary N) is 1. The molecule has 10 nitrogen and oxygen atoms in total. The lowest BCUT2D eigenvalue weighted by molar-refractivity contribution is -0.112. The Bertz CT molecular complexity index is 1560. The number of rotatable bonds is 10. The van der Waals surface area contributed by atoms with Crippen LogP contribution >= 0.6 is 0 Å². The van der Waals surface area contributed by atoms with Gasteiger partial charge in [-0.05, 0) is 32.2 Å². The zero-order valence-electron chi connectivity index (χ0n) is 22.4. The van der Waals surface area contributed by atoms with Gasteiger partial charge in [-0.25, -0.2) is 9.97 Å². The fourth-order valence-corrected chi connectivity index (χ4v) is 5.12. The third-order valence-corrected chi connectivity index (χ3v) is 6.96. The molecule has 0 atom stereocenters. The Labute approximate surface area is 227 Å². The first-order valence-electron chi connectivity index (χ1n) is 12.8. The van der Waals surface area contributed by atoms with Crippen LogP contribution in [0.5, 0.6) is 5.75 Å². The number of aromatic nitrogens is 3. The molecule has 10 heteroatoms. The number of benzene rings is 2. The molecular formula is C29H33N7O3. The number of anilines is 3. The van der Waals surface area contributed by atoms with Crippen LogP contribution in [-0.2, 0) is 22.7 Å². The number of primary amides is 1. The quantitative estimate of drug-likeness (QED) is 0.181. The normalized spacial score (nSPS) is 12.7. The molecule has 0 bridgehead atoms. The molecule has 0 radical (unpaired) electrons. The highest BCUT2D eigenvalue weighted by atomic mass is 16.5. The van der Waals surface area contributed by atoms with Crippen molar-refractivity contribution in [1.29, 1.82) is 0 Å². The van der Waals surface area contributed by atoms with Crippen molar-refractivity contribution in [3.8, 4) is 17.0 Å². The maximum atomic E-state index is 12.1. The van der Waals surface area contributed by atoms with Gasteiger partial charge in [0.15, 0.2) is 0 Å². The summed E-state index contributed by atoms with van der Waals surface area (Å²) in [6, 6.07) is 12.0. The summed E-state index contributed by atoms with van der Waals surface area (Å²) in [5.74, 6) is 0.377. The number of para-hydroxylation sites is 1. The molecule has 1 aliphatic rings. The van der Waals surface area contributed by atoms with Gasteiger partial charge in [-0.1, -0.05) is 24.8 Å². The smallest absolute Gasteiger partial charge is 0.248 e. The third-order valence-electron chi connectivity index (χ3n) is 6.96. The third kappa shape index (κ3) is 4.91. The fraction of sp³-hybridized carbons (Fsp3) is 0.276. The van der Waals surface area contributed by atoms with Gasteiger partial charge in [0.1, 0.15) is 5.75 Å². The maximum Gasteiger partial charge on any atom is 0.248 e. The van der Waals surface area contributed by atoms with Crippen molar-refractivity contribution >= 4 is 39.7 Å². The number of hydrogen-bond donors (Lipinski definition) is 4. The molecule has 39 heavy (non-hydrogen) atoms. The molecule has 3 heterocycles. The molecule has 4 aromatic rings. The minimum Gasteiger partial charge on any atom is -0.494 e. The second kappa shape index (κ2) is 11.1. The standard InChI is InChI=1S/C29H33N7O3/c1-17(28(30)37)20-15-22(27(38-4)18(2)26(20)32-12-11-31-3)35-29-33-10-9-21(34-29)25-19-7-5-6-8-23(19)36-13-14-39-16-24(25)36/h5-10,15,31-32H,1,11-14,16H2,2-4H3,(H2,30,37)(H,33,34,35). The van der Waals surface area contributed by atoms with E-state index in [1.54, 1.807) is 19.4 Å². The number of hydrogen-bond acceptors (Lipinski definition) is 8. The Morgan fingerprint density at radius 3 is 2.85 bits per heavy atom. The monoisotopic (exact) mass is 527 g/mol. The highest BCUT2D eigenvalue weighted by molar-refractivity contribution is 6.20. The number of carbonyl (C=O) groups is 1. The van der Waals surface area contributed by atoms with Crippen molar-refractivity contribution < 1.29 is 14.3 Å². The lowest BCUT2D eigenvalue weighted by Crippen LogP contribution is -2.20. The first kappa shape index (κ1) is 26.2. The lowest BCUT2D eigenvalue weighted by Gasteiger charge is -2.21. The fourth-order valence-electron chi connectivity index (χ4n) is 5.12. The second-order valence-electron chi connectivity index (χ2n) is 9.31. The summed E-state index contributed by atoms with van der Waals surface area (Å²) in [5.41, 5.74) is 12.6. The summed E-state index contributed by atoms with van der Waals surface area (Å²) >= 11 is 0. The van der Waals surface area contributed by atoms with Crippen LogP contribution < -0.4 is 26.4 Å². The predicted octanol–water partition coefficient (Wildman–Crippen LogP) is 3.82. The molecule has 0 aliphatic carbocycles. The van der Waals surface area contributed by atoms with Crippen molar-refractivity contribution in [3.63, 3.8) is 0 Å². The zero-order chi connectivity index (χ0) is 27.5. The van der Waals surface area contributed by atoms with Gasteiger partial charge >= 0.3 is 0 Å². The number of likely N-dealkylation sites (N-methyl/N-ethyl adjacent to an activating group) is 1. The van der Waals surface area contributed by atoms with Crippen molar-refractivity contribution in [2.24, 2.45) is 5.73 Å². The van der Waals surface area contributed by atoms with Crippen molar-refractivity contribution in [3.05, 3.63) is 66.0 Å². The van der Waals surface area contributed by atoms with E-state index in [2.05, 4.69) is 44.2 Å². The van der Waals surface area contributed by atoms with E-state index in [-0.39, 0.29) is 5.57 Å². The molecule has 5 N–H and O–H groups in total. The Hall–Kier alpha value is -4.41. The minimum absolute atomic E-state index is 0.192. The van der Waals surface area contributed by atoms with Gasteiger partial charge < -0.3 is 35.7 Å². The average molecular weight is 528 g/mol. The van der Waals surface area contributed by atoms with Gasteiger partial charge in [-0.15, -0.1) is 0 Å². The Morgan fingerprint density at radius 2 is 2.08 bits per heavy atom. The molecular weight excluding hydrogens is 494 g/mol. The summed E-state index contributed by atoms with van der Waals surface area (Å²) in [5, 5.41) is 10.9. The number of fused-ring (bicyclic) bond motifs is 3. The molecule has 5 rings (SSSR count). The number of nitrogens with zero attached hydrogens (tertiary/aromatic N) is 3. The van der Waals surface area contributed by atoms with Gasteiger partial charge in [-0.3, -0.25) is 4.79 Å². The van der Waals surface area contributed by atoms with E-state index in [1.165, 1.54) is 0 Å². The van der Waals surface area contributed by atoms with Crippen LogP contribution in [-0.4, -0.2) is 54.3 Å². The molecule has 0 fully saturated rings. The van der Waals surface area contributed by atoms with E-state index >= 15 is 0 Å². The molecule has 1 aliphatic heterocycles. The van der Waals surface area contributed by atoms with E-state index in [0.717, 1.165) is 52.2 Å². The number of carbonyl (C=O) groups excluding carboxylic acids is 1. The van der Waals surface area contributed by atoms with Crippen LogP contribution in [0.25, 0.3) is 27.7 Å². The molecule has 0 saturated heterocycles. The lowest BCUT2D eigenvalue weighted by atomic mass is 9.98. The SMILES string of the molecule is C=C(C(N)=O)c1cc(Nc2nccc(-c3c4n(c5ccccc35)CCOC4)n2)c(OC)c(C)c1NCCNC. The summed E-state index contributed by atoms with van der Waals surface area (Å²) < 4.78 is 13.9. The number of ether oxygens (including phenoxy) is 2. The van der Waals surface area contributed by atoms with E-state index in [4.69, 9.17) is 20.2 Å². The van der Waals surface area contributed by atoms with Gasteiger partial charge in [0.25, 0.3) is 0 Å². The minimum atomic E-state index is -0.604. The second-order valence-corrected chi connectivity index (χ2v) is 9.31. The molecule has 202 valence electrons. The van der Waals surface area contributed by atoms with E-state index in [0.29, 0.717) is 42.7 Å². The first-order chi connectivity index (χ1) is 18.9. The van der Waals surface area contributed by atoms with Crippen LogP contribution in [0.4, 0.5) is 17.3 Å². The van der Waals surface area contributed by atoms with Crippen LogP contribution in [0.15, 0.2) is 49.2 Å². The summed E-state index contributed by atoms with van der Waals surface area (Å²) in [7, 11) is 3.48. The maximum absolute atomic E-state index is 12.1. The molecule has 0 spiro atoms. The van der Waals surface area contributed by atoms with Crippen molar-refractivity contribution in [2.75, 3.05) is 44.5 Å².